The van der Waals surface area contributed by atoms with Crippen molar-refractivity contribution in [3.8, 4) is 0 Å². The van der Waals surface area contributed by atoms with Gasteiger partial charge in [-0.25, -0.2) is 4.98 Å². The maximum atomic E-state index is 12.7. The number of hydrogen-bond donors (Lipinski definition) is 1. The fourth-order valence-corrected chi connectivity index (χ4v) is 3.17. The SMILES string of the molecule is CN(CC(=O)O)CC1CN(C(=O)c2cccnc2SC(F)(F)F)CCO1. The standard InChI is InChI=1S/C15H18F3N3O4S/c1-20(9-12(22)23)7-10-8-21(5-6-25-10)14(24)11-3-2-4-19-13(11)26-15(16,17)18/h2-4,10H,5-9H2,1H3,(H,22,23). The third-order valence-electron chi connectivity index (χ3n) is 3.56. The molecule has 2 rings (SSSR count). The van der Waals surface area contributed by atoms with Crippen molar-refractivity contribution in [3.05, 3.63) is 23.9 Å². The molecule has 7 nitrogen and oxygen atoms in total. The summed E-state index contributed by atoms with van der Waals surface area (Å²) >= 11 is -0.425. The molecular formula is C15H18F3N3O4S. The Hall–Kier alpha value is -1.85. The number of aromatic nitrogens is 1. The average Bonchev–Trinajstić information content (AvgIpc) is 2.52. The van der Waals surface area contributed by atoms with Gasteiger partial charge in [-0.3, -0.25) is 14.5 Å². The topological polar surface area (TPSA) is 83.0 Å². The van der Waals surface area contributed by atoms with Gasteiger partial charge in [0.05, 0.1) is 24.8 Å². The van der Waals surface area contributed by atoms with E-state index in [-0.39, 0.29) is 38.3 Å². The Morgan fingerprint density at radius 3 is 2.88 bits per heavy atom. The number of carboxylic acid groups (broad SMARTS) is 1. The summed E-state index contributed by atoms with van der Waals surface area (Å²) < 4.78 is 43.5. The number of halogens is 3. The van der Waals surface area contributed by atoms with Crippen LogP contribution in [-0.2, 0) is 9.53 Å². The molecule has 0 aromatic carbocycles. The number of thioether (sulfide) groups is 1. The van der Waals surface area contributed by atoms with Crippen molar-refractivity contribution in [2.45, 2.75) is 16.6 Å². The van der Waals surface area contributed by atoms with Gasteiger partial charge < -0.3 is 14.7 Å². The molecule has 1 fully saturated rings. The number of morpholine rings is 1. The minimum Gasteiger partial charge on any atom is -0.480 e. The number of carbonyl (C=O) groups is 2. The number of carbonyl (C=O) groups excluding carboxylic acids is 1. The van der Waals surface area contributed by atoms with Gasteiger partial charge in [-0.15, -0.1) is 0 Å². The van der Waals surface area contributed by atoms with Crippen LogP contribution in [0.5, 0.6) is 0 Å². The first-order valence-corrected chi connectivity index (χ1v) is 8.49. The predicted molar refractivity (Wildman–Crippen MR) is 86.9 cm³/mol. The summed E-state index contributed by atoms with van der Waals surface area (Å²) in [6, 6.07) is 2.72. The van der Waals surface area contributed by atoms with E-state index < -0.39 is 40.3 Å². The van der Waals surface area contributed by atoms with Crippen LogP contribution in [0.3, 0.4) is 0 Å². The second-order valence-corrected chi connectivity index (χ2v) is 6.79. The maximum Gasteiger partial charge on any atom is 0.447 e. The molecule has 1 N–H and O–H groups in total. The van der Waals surface area contributed by atoms with Crippen LogP contribution < -0.4 is 0 Å². The lowest BCUT2D eigenvalue weighted by atomic mass is 10.2. The Labute approximate surface area is 152 Å². The van der Waals surface area contributed by atoms with E-state index in [4.69, 9.17) is 9.84 Å². The molecule has 0 radical (unpaired) electrons. The quantitative estimate of drug-likeness (QED) is 0.735. The van der Waals surface area contributed by atoms with Crippen LogP contribution in [0, 0.1) is 0 Å². The Bertz CT molecular complexity index is 659. The minimum atomic E-state index is -4.55. The van der Waals surface area contributed by atoms with Gasteiger partial charge >= 0.3 is 11.5 Å². The van der Waals surface area contributed by atoms with E-state index >= 15 is 0 Å². The Morgan fingerprint density at radius 1 is 1.50 bits per heavy atom. The van der Waals surface area contributed by atoms with Gasteiger partial charge in [0.2, 0.25) is 0 Å². The monoisotopic (exact) mass is 393 g/mol. The van der Waals surface area contributed by atoms with E-state index in [9.17, 15) is 22.8 Å². The third-order valence-corrected chi connectivity index (χ3v) is 4.31. The van der Waals surface area contributed by atoms with Gasteiger partial charge in [-0.2, -0.15) is 13.2 Å². The number of carboxylic acids is 1. The molecule has 11 heteroatoms. The smallest absolute Gasteiger partial charge is 0.447 e. The summed E-state index contributed by atoms with van der Waals surface area (Å²) in [4.78, 5) is 30.0. The van der Waals surface area contributed by atoms with Gasteiger partial charge in [0.15, 0.2) is 0 Å². The van der Waals surface area contributed by atoms with Crippen LogP contribution in [-0.4, -0.2) is 83.2 Å². The number of likely N-dealkylation sites (N-methyl/N-ethyl adjacent to an activating group) is 1. The van der Waals surface area contributed by atoms with Crippen molar-refractivity contribution in [1.29, 1.82) is 0 Å². The number of amides is 1. The molecular weight excluding hydrogens is 375 g/mol. The lowest BCUT2D eigenvalue weighted by molar-refractivity contribution is -0.138. The Balaban J connectivity index is 2.06. The van der Waals surface area contributed by atoms with E-state index in [0.717, 1.165) is 0 Å². The molecule has 1 aromatic rings. The van der Waals surface area contributed by atoms with E-state index in [1.54, 1.807) is 7.05 Å². The highest BCUT2D eigenvalue weighted by Crippen LogP contribution is 2.37. The first-order chi connectivity index (χ1) is 12.2. The van der Waals surface area contributed by atoms with E-state index in [1.165, 1.54) is 28.1 Å². The first kappa shape index (κ1) is 20.5. The zero-order valence-electron chi connectivity index (χ0n) is 13.9. The molecule has 1 amide bonds. The number of rotatable bonds is 6. The van der Waals surface area contributed by atoms with Gasteiger partial charge in [0, 0.05) is 37.6 Å². The molecule has 1 unspecified atom stereocenters. The highest BCUT2D eigenvalue weighted by atomic mass is 32.2. The van der Waals surface area contributed by atoms with Gasteiger partial charge in [-0.05, 0) is 19.2 Å². The molecule has 1 aliphatic heterocycles. The number of aliphatic carboxylic acids is 1. The summed E-state index contributed by atoms with van der Waals surface area (Å²) in [6.45, 7) is 0.728. The molecule has 0 aliphatic carbocycles. The fourth-order valence-electron chi connectivity index (χ4n) is 2.57. The van der Waals surface area contributed by atoms with Crippen molar-refractivity contribution >= 4 is 23.6 Å². The number of ether oxygens (including phenoxy) is 1. The zero-order chi connectivity index (χ0) is 19.3. The van der Waals surface area contributed by atoms with Crippen LogP contribution in [0.15, 0.2) is 23.4 Å². The summed E-state index contributed by atoms with van der Waals surface area (Å²) in [5, 5.41) is 8.38. The van der Waals surface area contributed by atoms with Crippen LogP contribution in [0.4, 0.5) is 13.2 Å². The Morgan fingerprint density at radius 2 is 2.23 bits per heavy atom. The van der Waals surface area contributed by atoms with E-state index in [2.05, 4.69) is 4.98 Å². The highest BCUT2D eigenvalue weighted by Gasteiger charge is 2.34. The number of nitrogens with zero attached hydrogens (tertiary/aromatic N) is 3. The lowest BCUT2D eigenvalue weighted by Gasteiger charge is -2.34. The van der Waals surface area contributed by atoms with Gasteiger partial charge in [-0.1, -0.05) is 0 Å². The van der Waals surface area contributed by atoms with Crippen LogP contribution in [0.1, 0.15) is 10.4 Å². The second-order valence-electron chi connectivity index (χ2n) is 5.74. The largest absolute Gasteiger partial charge is 0.480 e. The van der Waals surface area contributed by atoms with Crippen molar-refractivity contribution in [2.24, 2.45) is 0 Å². The minimum absolute atomic E-state index is 0.116. The van der Waals surface area contributed by atoms with Crippen LogP contribution >= 0.6 is 11.8 Å². The highest BCUT2D eigenvalue weighted by molar-refractivity contribution is 8.00. The maximum absolute atomic E-state index is 12.7. The molecule has 1 aliphatic rings. The van der Waals surface area contributed by atoms with E-state index in [1.807, 2.05) is 0 Å². The molecule has 0 saturated carbocycles. The van der Waals surface area contributed by atoms with E-state index in [0.29, 0.717) is 0 Å². The van der Waals surface area contributed by atoms with Gasteiger partial charge in [0.25, 0.3) is 5.91 Å². The number of pyridine rings is 1. The molecule has 0 spiro atoms. The van der Waals surface area contributed by atoms with Crippen molar-refractivity contribution < 1.29 is 32.6 Å². The summed E-state index contributed by atoms with van der Waals surface area (Å²) in [5.41, 5.74) is -4.66. The first-order valence-electron chi connectivity index (χ1n) is 7.67. The molecule has 0 bridgehead atoms. The molecule has 1 atom stereocenters. The van der Waals surface area contributed by atoms with Crippen molar-refractivity contribution in [2.75, 3.05) is 39.8 Å². The van der Waals surface area contributed by atoms with Crippen molar-refractivity contribution in [1.82, 2.24) is 14.8 Å². The molecule has 26 heavy (non-hydrogen) atoms. The lowest BCUT2D eigenvalue weighted by Crippen LogP contribution is -2.49. The molecule has 144 valence electrons. The number of alkyl halides is 3. The summed E-state index contributed by atoms with van der Waals surface area (Å²) in [6.07, 6.45) is 0.779. The number of hydrogen-bond acceptors (Lipinski definition) is 6. The molecule has 2 heterocycles. The molecule has 1 saturated heterocycles. The predicted octanol–water partition coefficient (Wildman–Crippen LogP) is 1.55. The van der Waals surface area contributed by atoms with Crippen LogP contribution in [0.25, 0.3) is 0 Å². The summed E-state index contributed by atoms with van der Waals surface area (Å²) in [5.74, 6) is -1.54. The fraction of sp³-hybridized carbons (Fsp3) is 0.533. The van der Waals surface area contributed by atoms with Gasteiger partial charge in [0.1, 0.15) is 5.03 Å². The molecule has 1 aromatic heterocycles. The third kappa shape index (κ3) is 6.15. The Kier molecular flexibility index (Phi) is 6.84. The average molecular weight is 393 g/mol. The normalized spacial score (nSPS) is 18.2. The zero-order valence-corrected chi connectivity index (χ0v) is 14.7. The van der Waals surface area contributed by atoms with Crippen LogP contribution in [0.2, 0.25) is 0 Å². The summed E-state index contributed by atoms with van der Waals surface area (Å²) in [7, 11) is 1.61. The van der Waals surface area contributed by atoms with Crippen molar-refractivity contribution in [3.63, 3.8) is 0 Å². The second kappa shape index (κ2) is 8.69.